The van der Waals surface area contributed by atoms with E-state index in [1.165, 1.54) is 54.4 Å². The summed E-state index contributed by atoms with van der Waals surface area (Å²) in [6, 6.07) is 2.34. The van der Waals surface area contributed by atoms with E-state index in [4.69, 9.17) is 11.6 Å². The Balaban J connectivity index is 2.30. The number of fused-ring (bicyclic) bond motifs is 3. The van der Waals surface area contributed by atoms with Crippen LogP contribution in [0.25, 0.3) is 0 Å². The highest BCUT2D eigenvalue weighted by molar-refractivity contribution is 6.32. The number of nitriles is 1. The minimum atomic E-state index is 0.767. The molecule has 17 heavy (non-hydrogen) atoms. The van der Waals surface area contributed by atoms with E-state index in [0.717, 1.165) is 29.8 Å². The van der Waals surface area contributed by atoms with Gasteiger partial charge in [0.15, 0.2) is 0 Å². The van der Waals surface area contributed by atoms with Crippen molar-refractivity contribution >= 4 is 11.6 Å². The highest BCUT2D eigenvalue weighted by atomic mass is 35.5. The third-order valence-corrected chi connectivity index (χ3v) is 4.62. The summed E-state index contributed by atoms with van der Waals surface area (Å²) in [5.74, 6) is 0. The molecule has 0 aromatic heterocycles. The highest BCUT2D eigenvalue weighted by Crippen LogP contribution is 2.39. The SMILES string of the molecule is N#Cc1c(Cl)c2c(c3c1CCCC3)CCCC2. The number of nitrogens with zero attached hydrogens (tertiary/aromatic N) is 1. The highest BCUT2D eigenvalue weighted by Gasteiger charge is 2.25. The molecule has 2 aliphatic carbocycles. The topological polar surface area (TPSA) is 23.8 Å². The summed E-state index contributed by atoms with van der Waals surface area (Å²) in [7, 11) is 0. The van der Waals surface area contributed by atoms with Crippen LogP contribution in [0.4, 0.5) is 0 Å². The Labute approximate surface area is 107 Å². The molecule has 1 aromatic carbocycles. The van der Waals surface area contributed by atoms with Crippen molar-refractivity contribution in [3.63, 3.8) is 0 Å². The van der Waals surface area contributed by atoms with Crippen LogP contribution in [-0.2, 0) is 25.7 Å². The van der Waals surface area contributed by atoms with E-state index < -0.39 is 0 Å². The van der Waals surface area contributed by atoms with Crippen molar-refractivity contribution in [1.82, 2.24) is 0 Å². The van der Waals surface area contributed by atoms with Gasteiger partial charge in [0.2, 0.25) is 0 Å². The van der Waals surface area contributed by atoms with Crippen molar-refractivity contribution in [2.75, 3.05) is 0 Å². The molecule has 2 heteroatoms. The predicted molar refractivity (Wildman–Crippen MR) is 69.5 cm³/mol. The Morgan fingerprint density at radius 2 is 1.24 bits per heavy atom. The second-order valence-electron chi connectivity index (χ2n) is 5.13. The lowest BCUT2D eigenvalue weighted by molar-refractivity contribution is 0.639. The fraction of sp³-hybridized carbons (Fsp3) is 0.533. The summed E-state index contributed by atoms with van der Waals surface area (Å²) in [4.78, 5) is 0. The van der Waals surface area contributed by atoms with Gasteiger partial charge in [0.1, 0.15) is 6.07 Å². The van der Waals surface area contributed by atoms with Crippen LogP contribution >= 0.6 is 11.6 Å². The average Bonchev–Trinajstić information content (AvgIpc) is 2.40. The molecule has 0 bridgehead atoms. The van der Waals surface area contributed by atoms with Gasteiger partial charge < -0.3 is 0 Å². The maximum atomic E-state index is 9.34. The summed E-state index contributed by atoms with van der Waals surface area (Å²) in [5, 5.41) is 10.1. The first-order valence-electron chi connectivity index (χ1n) is 6.58. The molecule has 0 radical (unpaired) electrons. The van der Waals surface area contributed by atoms with Gasteiger partial charge in [0, 0.05) is 0 Å². The van der Waals surface area contributed by atoms with E-state index in [1.54, 1.807) is 0 Å². The van der Waals surface area contributed by atoms with Gasteiger partial charge in [0.05, 0.1) is 10.6 Å². The van der Waals surface area contributed by atoms with Crippen molar-refractivity contribution in [2.45, 2.75) is 51.4 Å². The predicted octanol–water partition coefficient (Wildman–Crippen LogP) is 3.97. The number of rotatable bonds is 0. The van der Waals surface area contributed by atoms with Gasteiger partial charge in [-0.25, -0.2) is 0 Å². The van der Waals surface area contributed by atoms with Crippen molar-refractivity contribution in [2.24, 2.45) is 0 Å². The van der Waals surface area contributed by atoms with Crippen LogP contribution in [0.3, 0.4) is 0 Å². The Bertz CT molecular complexity index is 511. The minimum absolute atomic E-state index is 0.767. The summed E-state index contributed by atoms with van der Waals surface area (Å²) in [5.41, 5.74) is 6.31. The zero-order chi connectivity index (χ0) is 11.8. The molecule has 0 spiro atoms. The minimum Gasteiger partial charge on any atom is -0.192 e. The largest absolute Gasteiger partial charge is 0.192 e. The second-order valence-corrected chi connectivity index (χ2v) is 5.51. The van der Waals surface area contributed by atoms with Gasteiger partial charge in [0.25, 0.3) is 0 Å². The van der Waals surface area contributed by atoms with Crippen LogP contribution in [0.1, 0.15) is 53.5 Å². The van der Waals surface area contributed by atoms with E-state index in [9.17, 15) is 5.26 Å². The van der Waals surface area contributed by atoms with Crippen LogP contribution in [0.5, 0.6) is 0 Å². The Morgan fingerprint density at radius 3 is 1.82 bits per heavy atom. The molecule has 88 valence electrons. The van der Waals surface area contributed by atoms with E-state index in [2.05, 4.69) is 6.07 Å². The molecule has 0 heterocycles. The Kier molecular flexibility index (Phi) is 2.84. The number of halogens is 1. The van der Waals surface area contributed by atoms with Gasteiger partial charge in [-0.1, -0.05) is 11.6 Å². The van der Waals surface area contributed by atoms with Crippen LogP contribution in [0, 0.1) is 11.3 Å². The summed E-state index contributed by atoms with van der Waals surface area (Å²) < 4.78 is 0. The molecule has 0 fully saturated rings. The number of hydrogen-bond acceptors (Lipinski definition) is 1. The second kappa shape index (κ2) is 4.35. The fourth-order valence-corrected chi connectivity index (χ4v) is 3.76. The molecule has 3 rings (SSSR count). The first-order chi connectivity index (χ1) is 8.33. The summed E-state index contributed by atoms with van der Waals surface area (Å²) >= 11 is 6.44. The molecular formula is C15H16ClN. The van der Waals surface area contributed by atoms with E-state index >= 15 is 0 Å². The third kappa shape index (κ3) is 1.67. The molecule has 1 aromatic rings. The van der Waals surface area contributed by atoms with Crippen molar-refractivity contribution in [3.8, 4) is 6.07 Å². The zero-order valence-corrected chi connectivity index (χ0v) is 10.7. The van der Waals surface area contributed by atoms with Crippen molar-refractivity contribution in [3.05, 3.63) is 32.8 Å². The average molecular weight is 246 g/mol. The van der Waals surface area contributed by atoms with Crippen LogP contribution in [-0.4, -0.2) is 0 Å². The van der Waals surface area contributed by atoms with E-state index in [-0.39, 0.29) is 0 Å². The van der Waals surface area contributed by atoms with Crippen LogP contribution in [0.15, 0.2) is 0 Å². The van der Waals surface area contributed by atoms with Gasteiger partial charge in [-0.2, -0.15) is 5.26 Å². The molecule has 0 unspecified atom stereocenters. The summed E-state index contributed by atoms with van der Waals surface area (Å²) in [6.45, 7) is 0. The third-order valence-electron chi connectivity index (χ3n) is 4.20. The van der Waals surface area contributed by atoms with E-state index in [0.29, 0.717) is 0 Å². The first kappa shape index (κ1) is 11.1. The quantitative estimate of drug-likeness (QED) is 0.679. The maximum Gasteiger partial charge on any atom is 0.101 e. The van der Waals surface area contributed by atoms with Crippen LogP contribution < -0.4 is 0 Å². The molecule has 2 aliphatic rings. The number of hydrogen-bond donors (Lipinski definition) is 0. The molecule has 0 saturated carbocycles. The summed E-state index contributed by atoms with van der Waals surface area (Å²) in [6.07, 6.45) is 9.41. The molecule has 0 amide bonds. The molecule has 0 aliphatic heterocycles. The smallest absolute Gasteiger partial charge is 0.101 e. The fourth-order valence-electron chi connectivity index (χ4n) is 3.39. The first-order valence-corrected chi connectivity index (χ1v) is 6.95. The lowest BCUT2D eigenvalue weighted by Crippen LogP contribution is -2.15. The monoisotopic (exact) mass is 245 g/mol. The lowest BCUT2D eigenvalue weighted by Gasteiger charge is -2.27. The van der Waals surface area contributed by atoms with Crippen LogP contribution in [0.2, 0.25) is 5.02 Å². The number of benzene rings is 1. The molecule has 1 nitrogen and oxygen atoms in total. The molecule has 0 atom stereocenters. The van der Waals surface area contributed by atoms with Gasteiger partial charge in [-0.05, 0) is 73.6 Å². The van der Waals surface area contributed by atoms with Gasteiger partial charge >= 0.3 is 0 Å². The Hall–Kier alpha value is -1.00. The zero-order valence-electron chi connectivity index (χ0n) is 9.98. The Morgan fingerprint density at radius 1 is 0.765 bits per heavy atom. The van der Waals surface area contributed by atoms with E-state index in [1.807, 2.05) is 0 Å². The molecule has 0 N–H and O–H groups in total. The van der Waals surface area contributed by atoms with Gasteiger partial charge in [-0.15, -0.1) is 0 Å². The van der Waals surface area contributed by atoms with Gasteiger partial charge in [-0.3, -0.25) is 0 Å². The van der Waals surface area contributed by atoms with Crippen molar-refractivity contribution < 1.29 is 0 Å². The standard InChI is InChI=1S/C15H16ClN/c16-15-13-8-4-3-6-11(13)10-5-1-2-7-12(10)14(15)9-17/h1-8H2. The maximum absolute atomic E-state index is 9.34. The molecule has 0 saturated heterocycles. The van der Waals surface area contributed by atoms with Crippen molar-refractivity contribution in [1.29, 1.82) is 5.26 Å². The molecular weight excluding hydrogens is 230 g/mol. The normalized spacial score (nSPS) is 18.1. The lowest BCUT2D eigenvalue weighted by atomic mass is 9.78.